The summed E-state index contributed by atoms with van der Waals surface area (Å²) in [5.74, 6) is 3.55. The van der Waals surface area contributed by atoms with Crippen LogP contribution < -0.4 is 24.8 Å². The Kier molecular flexibility index (Phi) is 9.38. The molecule has 1 aromatic carbocycles. The SMILES string of the molecule is CCNC(=NCc1cc(OC)c(OC)c(OC)c1)NCC(C)N1CCC(C)CC1. The maximum atomic E-state index is 5.44. The van der Waals surface area contributed by atoms with Crippen molar-refractivity contribution in [3.8, 4) is 17.2 Å². The molecule has 0 spiro atoms. The zero-order chi connectivity index (χ0) is 21.2. The first-order valence-electron chi connectivity index (χ1n) is 10.6. The van der Waals surface area contributed by atoms with E-state index < -0.39 is 0 Å². The number of aliphatic imine (C=N–C) groups is 1. The molecule has 0 aromatic heterocycles. The number of nitrogens with zero attached hydrogens (tertiary/aromatic N) is 2. The Hall–Kier alpha value is -2.15. The lowest BCUT2D eigenvalue weighted by atomic mass is 9.98. The molecule has 1 saturated heterocycles. The quantitative estimate of drug-likeness (QED) is 0.486. The third-order valence-electron chi connectivity index (χ3n) is 5.49. The predicted molar refractivity (Wildman–Crippen MR) is 118 cm³/mol. The van der Waals surface area contributed by atoms with E-state index in [0.29, 0.717) is 29.8 Å². The van der Waals surface area contributed by atoms with Gasteiger partial charge in [0.1, 0.15) is 0 Å². The second-order valence-corrected chi connectivity index (χ2v) is 7.68. The second-order valence-electron chi connectivity index (χ2n) is 7.68. The lowest BCUT2D eigenvalue weighted by Crippen LogP contribution is -2.48. The fourth-order valence-electron chi connectivity index (χ4n) is 3.58. The fourth-order valence-corrected chi connectivity index (χ4v) is 3.58. The summed E-state index contributed by atoms with van der Waals surface area (Å²) in [6.07, 6.45) is 2.58. The van der Waals surface area contributed by atoms with Crippen molar-refractivity contribution in [2.45, 2.75) is 46.2 Å². The Bertz CT molecular complexity index is 632. The summed E-state index contributed by atoms with van der Waals surface area (Å²) >= 11 is 0. The topological polar surface area (TPSA) is 67.4 Å². The van der Waals surface area contributed by atoms with E-state index >= 15 is 0 Å². The molecule has 1 heterocycles. The number of ether oxygens (including phenoxy) is 3. The van der Waals surface area contributed by atoms with Gasteiger partial charge in [0.2, 0.25) is 5.75 Å². The monoisotopic (exact) mass is 406 g/mol. The van der Waals surface area contributed by atoms with Gasteiger partial charge in [-0.3, -0.25) is 4.90 Å². The van der Waals surface area contributed by atoms with Crippen molar-refractivity contribution in [3.05, 3.63) is 17.7 Å². The molecule has 0 amide bonds. The molecule has 1 unspecified atom stereocenters. The van der Waals surface area contributed by atoms with Gasteiger partial charge in [-0.25, -0.2) is 4.99 Å². The van der Waals surface area contributed by atoms with Crippen LogP contribution in [0.2, 0.25) is 0 Å². The van der Waals surface area contributed by atoms with Crippen LogP contribution in [-0.2, 0) is 6.54 Å². The van der Waals surface area contributed by atoms with Crippen LogP contribution in [0.5, 0.6) is 17.2 Å². The van der Waals surface area contributed by atoms with Crippen molar-refractivity contribution in [2.75, 3.05) is 47.5 Å². The van der Waals surface area contributed by atoms with Crippen molar-refractivity contribution in [1.29, 1.82) is 0 Å². The van der Waals surface area contributed by atoms with Crippen molar-refractivity contribution < 1.29 is 14.2 Å². The number of nitrogens with one attached hydrogen (secondary N) is 2. The summed E-state index contributed by atoms with van der Waals surface area (Å²) in [7, 11) is 4.85. The van der Waals surface area contributed by atoms with Gasteiger partial charge in [0.25, 0.3) is 0 Å². The molecule has 1 atom stereocenters. The van der Waals surface area contributed by atoms with Crippen LogP contribution in [0.1, 0.15) is 39.2 Å². The number of likely N-dealkylation sites (tertiary alicyclic amines) is 1. The standard InChI is InChI=1S/C22H38N4O3/c1-7-23-22(24-14-17(3)26-10-8-16(2)9-11-26)25-15-18-12-19(27-4)21(29-6)20(13-18)28-5/h12-13,16-17H,7-11,14-15H2,1-6H3,(H2,23,24,25). The number of benzene rings is 1. The van der Waals surface area contributed by atoms with Gasteiger partial charge >= 0.3 is 0 Å². The Morgan fingerprint density at radius 2 is 1.72 bits per heavy atom. The molecule has 2 N–H and O–H groups in total. The van der Waals surface area contributed by atoms with Crippen molar-refractivity contribution in [2.24, 2.45) is 10.9 Å². The minimum atomic E-state index is 0.479. The van der Waals surface area contributed by atoms with E-state index in [1.165, 1.54) is 25.9 Å². The van der Waals surface area contributed by atoms with Gasteiger partial charge in [0.05, 0.1) is 27.9 Å². The Balaban J connectivity index is 2.01. The maximum absolute atomic E-state index is 5.44. The van der Waals surface area contributed by atoms with E-state index in [4.69, 9.17) is 19.2 Å². The van der Waals surface area contributed by atoms with Crippen LogP contribution in [0.25, 0.3) is 0 Å². The molecule has 1 fully saturated rings. The summed E-state index contributed by atoms with van der Waals surface area (Å²) in [5.41, 5.74) is 0.995. The van der Waals surface area contributed by atoms with Crippen molar-refractivity contribution in [1.82, 2.24) is 15.5 Å². The molecule has 164 valence electrons. The number of methoxy groups -OCH3 is 3. The van der Waals surface area contributed by atoms with Crippen LogP contribution >= 0.6 is 0 Å². The Labute approximate surface area is 175 Å². The predicted octanol–water partition coefficient (Wildman–Crippen LogP) is 2.89. The van der Waals surface area contributed by atoms with Gasteiger partial charge in [-0.15, -0.1) is 0 Å². The number of rotatable bonds is 9. The summed E-state index contributed by atoms with van der Waals surface area (Å²) in [6, 6.07) is 4.35. The molecule has 7 nitrogen and oxygen atoms in total. The van der Waals surface area contributed by atoms with Crippen LogP contribution in [0.3, 0.4) is 0 Å². The third-order valence-corrected chi connectivity index (χ3v) is 5.49. The average molecular weight is 407 g/mol. The summed E-state index contributed by atoms with van der Waals surface area (Å²) in [5, 5.41) is 6.82. The van der Waals surface area contributed by atoms with E-state index in [1.54, 1.807) is 21.3 Å². The molecule has 1 aliphatic rings. The first kappa shape index (κ1) is 23.1. The molecule has 7 heteroatoms. The summed E-state index contributed by atoms with van der Waals surface area (Å²) in [6.45, 7) is 11.3. The number of guanidine groups is 1. The van der Waals surface area contributed by atoms with E-state index in [0.717, 1.165) is 30.5 Å². The number of hydrogen-bond donors (Lipinski definition) is 2. The third kappa shape index (κ3) is 6.70. The van der Waals surface area contributed by atoms with Gasteiger partial charge in [0.15, 0.2) is 17.5 Å². The minimum absolute atomic E-state index is 0.479. The van der Waals surface area contributed by atoms with Gasteiger partial charge in [-0.05, 0) is 63.4 Å². The molecular weight excluding hydrogens is 368 g/mol. The first-order valence-corrected chi connectivity index (χ1v) is 10.6. The zero-order valence-corrected chi connectivity index (χ0v) is 18.9. The first-order chi connectivity index (χ1) is 14.0. The Morgan fingerprint density at radius 1 is 1.10 bits per heavy atom. The van der Waals surface area contributed by atoms with Crippen LogP contribution in [-0.4, -0.2) is 64.4 Å². The van der Waals surface area contributed by atoms with E-state index in [9.17, 15) is 0 Å². The minimum Gasteiger partial charge on any atom is -0.493 e. The molecular formula is C22H38N4O3. The van der Waals surface area contributed by atoms with E-state index in [2.05, 4.69) is 36.3 Å². The number of hydrogen-bond acceptors (Lipinski definition) is 5. The number of piperidine rings is 1. The molecule has 29 heavy (non-hydrogen) atoms. The lowest BCUT2D eigenvalue weighted by molar-refractivity contribution is 0.147. The molecule has 0 bridgehead atoms. The Morgan fingerprint density at radius 3 is 2.24 bits per heavy atom. The molecule has 0 radical (unpaired) electrons. The molecule has 1 aliphatic heterocycles. The van der Waals surface area contributed by atoms with Gasteiger partial charge in [-0.1, -0.05) is 6.92 Å². The molecule has 1 aromatic rings. The van der Waals surface area contributed by atoms with E-state index in [-0.39, 0.29) is 0 Å². The zero-order valence-electron chi connectivity index (χ0n) is 18.9. The van der Waals surface area contributed by atoms with Gasteiger partial charge < -0.3 is 24.8 Å². The maximum Gasteiger partial charge on any atom is 0.203 e. The van der Waals surface area contributed by atoms with Crippen LogP contribution in [0.15, 0.2) is 17.1 Å². The van der Waals surface area contributed by atoms with Gasteiger partial charge in [0, 0.05) is 19.1 Å². The highest BCUT2D eigenvalue weighted by Crippen LogP contribution is 2.38. The lowest BCUT2D eigenvalue weighted by Gasteiger charge is -2.35. The molecule has 0 aliphatic carbocycles. The highest BCUT2D eigenvalue weighted by molar-refractivity contribution is 5.79. The largest absolute Gasteiger partial charge is 0.493 e. The van der Waals surface area contributed by atoms with Crippen molar-refractivity contribution in [3.63, 3.8) is 0 Å². The highest BCUT2D eigenvalue weighted by atomic mass is 16.5. The smallest absolute Gasteiger partial charge is 0.203 e. The highest BCUT2D eigenvalue weighted by Gasteiger charge is 2.20. The molecule has 2 rings (SSSR count). The van der Waals surface area contributed by atoms with Crippen molar-refractivity contribution >= 4 is 5.96 Å². The van der Waals surface area contributed by atoms with Crippen LogP contribution in [0, 0.1) is 5.92 Å². The average Bonchev–Trinajstić information content (AvgIpc) is 2.74. The summed E-state index contributed by atoms with van der Waals surface area (Å²) < 4.78 is 16.3. The second kappa shape index (κ2) is 11.8. The van der Waals surface area contributed by atoms with Crippen LogP contribution in [0.4, 0.5) is 0 Å². The fraction of sp³-hybridized carbons (Fsp3) is 0.682. The van der Waals surface area contributed by atoms with E-state index in [1.807, 2.05) is 12.1 Å². The molecule has 0 saturated carbocycles. The normalized spacial score (nSPS) is 17.0. The van der Waals surface area contributed by atoms with Gasteiger partial charge in [-0.2, -0.15) is 0 Å². The summed E-state index contributed by atoms with van der Waals surface area (Å²) in [4.78, 5) is 7.31.